The standard InChI is InChI=1S/C16H19BClFN2O2/c1-15(2)16(3,4)23-17(22-15)12-8-20-21(10-12)9-11-5-6-13(18)14(19)7-11/h5-8,10H,9H2,1-4H3. The van der Waals surface area contributed by atoms with Crippen LogP contribution in [0.15, 0.2) is 30.6 Å². The van der Waals surface area contributed by atoms with Crippen LogP contribution in [0.1, 0.15) is 33.3 Å². The maximum atomic E-state index is 13.5. The molecule has 0 bridgehead atoms. The molecule has 4 nitrogen and oxygen atoms in total. The monoisotopic (exact) mass is 336 g/mol. The maximum absolute atomic E-state index is 13.5. The highest BCUT2D eigenvalue weighted by molar-refractivity contribution is 6.62. The number of aromatic nitrogens is 2. The van der Waals surface area contributed by atoms with Crippen molar-refractivity contribution in [3.05, 3.63) is 47.0 Å². The Morgan fingerprint density at radius 2 is 1.87 bits per heavy atom. The first kappa shape index (κ1) is 16.5. The molecule has 0 amide bonds. The summed E-state index contributed by atoms with van der Waals surface area (Å²) in [6.45, 7) is 8.48. The summed E-state index contributed by atoms with van der Waals surface area (Å²) in [5.74, 6) is -0.428. The molecule has 0 saturated carbocycles. The van der Waals surface area contributed by atoms with E-state index in [0.717, 1.165) is 11.0 Å². The molecule has 0 spiro atoms. The van der Waals surface area contributed by atoms with Gasteiger partial charge in [-0.05, 0) is 45.4 Å². The lowest BCUT2D eigenvalue weighted by Crippen LogP contribution is -2.41. The molecule has 2 aromatic rings. The Balaban J connectivity index is 1.75. The summed E-state index contributed by atoms with van der Waals surface area (Å²) in [5.41, 5.74) is 0.853. The van der Waals surface area contributed by atoms with Crippen LogP contribution in [0.25, 0.3) is 0 Å². The van der Waals surface area contributed by atoms with Crippen LogP contribution in [-0.2, 0) is 15.9 Å². The topological polar surface area (TPSA) is 36.3 Å². The van der Waals surface area contributed by atoms with E-state index in [9.17, 15) is 4.39 Å². The van der Waals surface area contributed by atoms with Gasteiger partial charge in [0.25, 0.3) is 0 Å². The molecular weight excluding hydrogens is 317 g/mol. The van der Waals surface area contributed by atoms with E-state index in [-0.39, 0.29) is 16.2 Å². The molecule has 1 fully saturated rings. The van der Waals surface area contributed by atoms with Gasteiger partial charge in [-0.25, -0.2) is 4.39 Å². The van der Waals surface area contributed by atoms with Crippen LogP contribution in [0, 0.1) is 5.82 Å². The first-order valence-electron chi connectivity index (χ1n) is 7.50. The lowest BCUT2D eigenvalue weighted by molar-refractivity contribution is 0.00578. The van der Waals surface area contributed by atoms with E-state index in [1.807, 2.05) is 33.9 Å². The lowest BCUT2D eigenvalue weighted by atomic mass is 9.82. The molecule has 2 heterocycles. The summed E-state index contributed by atoms with van der Waals surface area (Å²) >= 11 is 5.70. The van der Waals surface area contributed by atoms with Gasteiger partial charge in [0.2, 0.25) is 0 Å². The molecule has 0 aliphatic carbocycles. The van der Waals surface area contributed by atoms with Crippen molar-refractivity contribution in [2.45, 2.75) is 45.4 Å². The first-order chi connectivity index (χ1) is 10.7. The van der Waals surface area contributed by atoms with Gasteiger partial charge in [-0.2, -0.15) is 5.10 Å². The summed E-state index contributed by atoms with van der Waals surface area (Å²) in [5, 5.41) is 4.42. The van der Waals surface area contributed by atoms with Crippen molar-refractivity contribution >= 4 is 24.2 Å². The molecule has 1 aliphatic heterocycles. The fraction of sp³-hybridized carbons (Fsp3) is 0.438. The second-order valence-corrected chi connectivity index (χ2v) is 7.22. The summed E-state index contributed by atoms with van der Waals surface area (Å²) in [7, 11) is -0.448. The maximum Gasteiger partial charge on any atom is 0.498 e. The van der Waals surface area contributed by atoms with E-state index in [1.54, 1.807) is 23.0 Å². The number of hydrogen-bond donors (Lipinski definition) is 0. The van der Waals surface area contributed by atoms with Gasteiger partial charge in [0.05, 0.1) is 22.8 Å². The van der Waals surface area contributed by atoms with Crippen molar-refractivity contribution in [3.8, 4) is 0 Å². The van der Waals surface area contributed by atoms with Crippen LogP contribution >= 0.6 is 11.6 Å². The summed E-state index contributed by atoms with van der Waals surface area (Å²) in [4.78, 5) is 0. The van der Waals surface area contributed by atoms with E-state index < -0.39 is 12.9 Å². The first-order valence-corrected chi connectivity index (χ1v) is 7.88. The molecule has 3 rings (SSSR count). The highest BCUT2D eigenvalue weighted by Gasteiger charge is 2.52. The van der Waals surface area contributed by atoms with Gasteiger partial charge in [0.15, 0.2) is 0 Å². The third-order valence-electron chi connectivity index (χ3n) is 4.51. The minimum atomic E-state index is -0.448. The Morgan fingerprint density at radius 1 is 1.22 bits per heavy atom. The molecule has 23 heavy (non-hydrogen) atoms. The SMILES string of the molecule is CC1(C)OB(c2cnn(Cc3ccc(Cl)c(F)c3)c2)OC1(C)C. The van der Waals surface area contributed by atoms with E-state index in [1.165, 1.54) is 6.07 Å². The second-order valence-electron chi connectivity index (χ2n) is 6.81. The average molecular weight is 337 g/mol. The van der Waals surface area contributed by atoms with Gasteiger partial charge in [-0.1, -0.05) is 17.7 Å². The minimum absolute atomic E-state index is 0.118. The Kier molecular flexibility index (Phi) is 4.03. The molecule has 0 atom stereocenters. The Labute approximate surface area is 140 Å². The zero-order chi connectivity index (χ0) is 16.8. The van der Waals surface area contributed by atoms with Crippen LogP contribution in [0.5, 0.6) is 0 Å². The lowest BCUT2D eigenvalue weighted by Gasteiger charge is -2.32. The van der Waals surface area contributed by atoms with E-state index in [2.05, 4.69) is 5.10 Å². The predicted molar refractivity (Wildman–Crippen MR) is 88.5 cm³/mol. The molecular formula is C16H19BClFN2O2. The Hall–Kier alpha value is -1.37. The van der Waals surface area contributed by atoms with Crippen LogP contribution in [0.4, 0.5) is 4.39 Å². The fourth-order valence-corrected chi connectivity index (χ4v) is 2.51. The number of benzene rings is 1. The van der Waals surface area contributed by atoms with Crippen LogP contribution in [-0.4, -0.2) is 28.1 Å². The van der Waals surface area contributed by atoms with Gasteiger partial charge in [-0.3, -0.25) is 4.68 Å². The molecule has 0 N–H and O–H groups in total. The molecule has 1 aliphatic rings. The van der Waals surface area contributed by atoms with Crippen molar-refractivity contribution < 1.29 is 13.7 Å². The van der Waals surface area contributed by atoms with Gasteiger partial charge in [-0.15, -0.1) is 0 Å². The number of nitrogens with zero attached hydrogens (tertiary/aromatic N) is 2. The smallest absolute Gasteiger partial charge is 0.399 e. The largest absolute Gasteiger partial charge is 0.498 e. The fourth-order valence-electron chi connectivity index (χ4n) is 2.39. The average Bonchev–Trinajstić information content (AvgIpc) is 2.97. The van der Waals surface area contributed by atoms with Crippen LogP contribution in [0.2, 0.25) is 5.02 Å². The van der Waals surface area contributed by atoms with Crippen LogP contribution in [0.3, 0.4) is 0 Å². The van der Waals surface area contributed by atoms with E-state index in [0.29, 0.717) is 6.54 Å². The zero-order valence-corrected chi connectivity index (χ0v) is 14.4. The number of halogens is 2. The van der Waals surface area contributed by atoms with Gasteiger partial charge in [0, 0.05) is 17.9 Å². The normalized spacial score (nSPS) is 19.3. The van der Waals surface area contributed by atoms with Crippen molar-refractivity contribution in [1.29, 1.82) is 0 Å². The molecule has 1 aromatic heterocycles. The van der Waals surface area contributed by atoms with E-state index in [4.69, 9.17) is 20.9 Å². The second kappa shape index (κ2) is 5.62. The summed E-state index contributed by atoms with van der Waals surface area (Å²) in [6.07, 6.45) is 3.57. The van der Waals surface area contributed by atoms with Crippen molar-refractivity contribution in [2.75, 3.05) is 0 Å². The van der Waals surface area contributed by atoms with Gasteiger partial charge >= 0.3 is 7.12 Å². The van der Waals surface area contributed by atoms with Gasteiger partial charge in [0.1, 0.15) is 5.82 Å². The summed E-state index contributed by atoms with van der Waals surface area (Å²) in [6, 6.07) is 4.74. The highest BCUT2D eigenvalue weighted by atomic mass is 35.5. The molecule has 0 radical (unpaired) electrons. The predicted octanol–water partition coefficient (Wildman–Crippen LogP) is 3.02. The molecule has 122 valence electrons. The van der Waals surface area contributed by atoms with Crippen molar-refractivity contribution in [3.63, 3.8) is 0 Å². The van der Waals surface area contributed by atoms with Crippen molar-refractivity contribution in [1.82, 2.24) is 9.78 Å². The van der Waals surface area contributed by atoms with Crippen LogP contribution < -0.4 is 5.46 Å². The summed E-state index contributed by atoms with van der Waals surface area (Å²) < 4.78 is 27.2. The van der Waals surface area contributed by atoms with E-state index >= 15 is 0 Å². The number of hydrogen-bond acceptors (Lipinski definition) is 3. The quantitative estimate of drug-likeness (QED) is 0.808. The minimum Gasteiger partial charge on any atom is -0.399 e. The number of rotatable bonds is 3. The molecule has 7 heteroatoms. The molecule has 1 aromatic carbocycles. The van der Waals surface area contributed by atoms with Gasteiger partial charge < -0.3 is 9.31 Å². The zero-order valence-electron chi connectivity index (χ0n) is 13.6. The Bertz CT molecular complexity index is 717. The van der Waals surface area contributed by atoms with Crippen molar-refractivity contribution in [2.24, 2.45) is 0 Å². The highest BCUT2D eigenvalue weighted by Crippen LogP contribution is 2.36. The molecule has 1 saturated heterocycles. The Morgan fingerprint density at radius 3 is 2.48 bits per heavy atom. The third-order valence-corrected chi connectivity index (χ3v) is 4.81. The third kappa shape index (κ3) is 3.16. The molecule has 0 unspecified atom stereocenters.